The Balaban J connectivity index is 2.65. The standard InChI is InChI=1S/C16H24N4O3/c1-11-6-7-12(15(22)20(4)5)10-13(11)18-16(23)17-9-8-14(21)19(2)3/h6-7,10H,8-9H2,1-5H3,(H2,17,18,23). The van der Waals surface area contributed by atoms with Crippen LogP contribution >= 0.6 is 0 Å². The molecule has 4 amide bonds. The van der Waals surface area contributed by atoms with E-state index in [0.29, 0.717) is 11.3 Å². The average molecular weight is 320 g/mol. The Morgan fingerprint density at radius 2 is 1.70 bits per heavy atom. The summed E-state index contributed by atoms with van der Waals surface area (Å²) in [5.74, 6) is -0.190. The van der Waals surface area contributed by atoms with Gasteiger partial charge < -0.3 is 20.4 Å². The molecule has 0 bridgehead atoms. The van der Waals surface area contributed by atoms with Crippen molar-refractivity contribution in [2.45, 2.75) is 13.3 Å². The van der Waals surface area contributed by atoms with Gasteiger partial charge in [-0.1, -0.05) is 6.07 Å². The molecule has 0 aliphatic rings. The SMILES string of the molecule is Cc1ccc(C(=O)N(C)C)cc1NC(=O)NCCC(=O)N(C)C. The van der Waals surface area contributed by atoms with Crippen molar-refractivity contribution < 1.29 is 14.4 Å². The molecule has 0 atom stereocenters. The molecule has 7 nitrogen and oxygen atoms in total. The molecule has 23 heavy (non-hydrogen) atoms. The molecule has 0 saturated carbocycles. The highest BCUT2D eigenvalue weighted by Crippen LogP contribution is 2.17. The predicted molar refractivity (Wildman–Crippen MR) is 89.5 cm³/mol. The Kier molecular flexibility index (Phi) is 6.56. The molecule has 2 N–H and O–H groups in total. The first-order chi connectivity index (χ1) is 10.7. The van der Waals surface area contributed by atoms with Crippen LogP contribution in [0.3, 0.4) is 0 Å². The van der Waals surface area contributed by atoms with Crippen LogP contribution in [-0.2, 0) is 4.79 Å². The van der Waals surface area contributed by atoms with Gasteiger partial charge in [-0.2, -0.15) is 0 Å². The lowest BCUT2D eigenvalue weighted by molar-refractivity contribution is -0.128. The van der Waals surface area contributed by atoms with Gasteiger partial charge in [0.1, 0.15) is 0 Å². The van der Waals surface area contributed by atoms with E-state index in [9.17, 15) is 14.4 Å². The number of benzene rings is 1. The molecule has 0 radical (unpaired) electrons. The van der Waals surface area contributed by atoms with Gasteiger partial charge in [0.2, 0.25) is 5.91 Å². The summed E-state index contributed by atoms with van der Waals surface area (Å²) in [5, 5.41) is 5.32. The maximum Gasteiger partial charge on any atom is 0.319 e. The minimum absolute atomic E-state index is 0.0555. The van der Waals surface area contributed by atoms with Crippen molar-refractivity contribution in [3.63, 3.8) is 0 Å². The molecule has 0 unspecified atom stereocenters. The number of nitrogens with one attached hydrogen (secondary N) is 2. The van der Waals surface area contributed by atoms with Gasteiger partial charge >= 0.3 is 6.03 Å². The maximum atomic E-state index is 12.0. The fourth-order valence-electron chi connectivity index (χ4n) is 1.82. The minimum atomic E-state index is -0.408. The number of hydrogen-bond donors (Lipinski definition) is 2. The van der Waals surface area contributed by atoms with E-state index in [2.05, 4.69) is 10.6 Å². The number of carbonyl (C=O) groups excluding carboxylic acids is 3. The fourth-order valence-corrected chi connectivity index (χ4v) is 1.82. The average Bonchev–Trinajstić information content (AvgIpc) is 2.48. The van der Waals surface area contributed by atoms with Gasteiger partial charge in [0.05, 0.1) is 0 Å². The molecule has 126 valence electrons. The van der Waals surface area contributed by atoms with E-state index in [4.69, 9.17) is 0 Å². The first-order valence-corrected chi connectivity index (χ1v) is 7.29. The lowest BCUT2D eigenvalue weighted by Gasteiger charge is -2.14. The van der Waals surface area contributed by atoms with Gasteiger partial charge in [0.15, 0.2) is 0 Å². The Labute approximate surface area is 136 Å². The van der Waals surface area contributed by atoms with Crippen molar-refractivity contribution in [2.75, 3.05) is 40.1 Å². The topological polar surface area (TPSA) is 81.8 Å². The molecule has 0 aliphatic carbocycles. The first-order valence-electron chi connectivity index (χ1n) is 7.29. The van der Waals surface area contributed by atoms with Crippen molar-refractivity contribution >= 4 is 23.5 Å². The second-order valence-corrected chi connectivity index (χ2v) is 5.65. The molecule has 0 aromatic heterocycles. The third-order valence-corrected chi connectivity index (χ3v) is 3.26. The first kappa shape index (κ1) is 18.5. The van der Waals surface area contributed by atoms with Crippen LogP contribution in [0.15, 0.2) is 18.2 Å². The number of hydrogen-bond acceptors (Lipinski definition) is 3. The molecule has 1 rings (SSSR count). The van der Waals surface area contributed by atoms with Crippen LogP contribution in [0.2, 0.25) is 0 Å². The number of carbonyl (C=O) groups is 3. The number of aryl methyl sites for hydroxylation is 1. The van der Waals surface area contributed by atoms with Crippen molar-refractivity contribution in [3.8, 4) is 0 Å². The van der Waals surface area contributed by atoms with Crippen molar-refractivity contribution in [1.29, 1.82) is 0 Å². The summed E-state index contributed by atoms with van der Waals surface area (Å²) in [7, 11) is 6.67. The Hall–Kier alpha value is -2.57. The summed E-state index contributed by atoms with van der Waals surface area (Å²) in [6.45, 7) is 2.09. The largest absolute Gasteiger partial charge is 0.349 e. The second kappa shape index (κ2) is 8.17. The molecule has 0 heterocycles. The van der Waals surface area contributed by atoms with Crippen LogP contribution in [0.5, 0.6) is 0 Å². The van der Waals surface area contributed by atoms with Crippen LogP contribution in [0.4, 0.5) is 10.5 Å². The van der Waals surface area contributed by atoms with E-state index < -0.39 is 6.03 Å². The van der Waals surface area contributed by atoms with Crippen LogP contribution < -0.4 is 10.6 Å². The Morgan fingerprint density at radius 3 is 2.26 bits per heavy atom. The van der Waals surface area contributed by atoms with E-state index in [1.807, 2.05) is 6.92 Å². The summed E-state index contributed by atoms with van der Waals surface area (Å²) in [5.41, 5.74) is 1.91. The smallest absolute Gasteiger partial charge is 0.319 e. The number of nitrogens with zero attached hydrogens (tertiary/aromatic N) is 2. The molecule has 7 heteroatoms. The molecule has 1 aromatic rings. The monoisotopic (exact) mass is 320 g/mol. The minimum Gasteiger partial charge on any atom is -0.349 e. The highest BCUT2D eigenvalue weighted by atomic mass is 16.2. The molecule has 0 aliphatic heterocycles. The summed E-state index contributed by atoms with van der Waals surface area (Å²) < 4.78 is 0. The number of amides is 4. The molecular formula is C16H24N4O3. The van der Waals surface area contributed by atoms with Gasteiger partial charge in [0.25, 0.3) is 5.91 Å². The van der Waals surface area contributed by atoms with E-state index in [0.717, 1.165) is 5.56 Å². The van der Waals surface area contributed by atoms with E-state index >= 15 is 0 Å². The van der Waals surface area contributed by atoms with Crippen molar-refractivity contribution in [1.82, 2.24) is 15.1 Å². The number of rotatable bonds is 5. The van der Waals surface area contributed by atoms with Crippen molar-refractivity contribution in [2.24, 2.45) is 0 Å². The van der Waals surface area contributed by atoms with Gasteiger partial charge in [-0.15, -0.1) is 0 Å². The van der Waals surface area contributed by atoms with Crippen LogP contribution in [0, 0.1) is 6.92 Å². The molecule has 0 saturated heterocycles. The molecular weight excluding hydrogens is 296 g/mol. The zero-order chi connectivity index (χ0) is 17.6. The number of urea groups is 1. The van der Waals surface area contributed by atoms with Crippen LogP contribution in [-0.4, -0.2) is 62.4 Å². The highest BCUT2D eigenvalue weighted by molar-refractivity contribution is 5.97. The van der Waals surface area contributed by atoms with Gasteiger partial charge in [-0.3, -0.25) is 9.59 Å². The Morgan fingerprint density at radius 1 is 1.04 bits per heavy atom. The normalized spacial score (nSPS) is 9.96. The maximum absolute atomic E-state index is 12.0. The van der Waals surface area contributed by atoms with Gasteiger partial charge in [0, 0.05) is 52.4 Å². The van der Waals surface area contributed by atoms with E-state index in [1.165, 1.54) is 9.80 Å². The van der Waals surface area contributed by atoms with E-state index in [-0.39, 0.29) is 24.8 Å². The van der Waals surface area contributed by atoms with Crippen LogP contribution in [0.25, 0.3) is 0 Å². The Bertz CT molecular complexity index is 597. The molecule has 0 fully saturated rings. The van der Waals surface area contributed by atoms with Gasteiger partial charge in [-0.25, -0.2) is 4.79 Å². The van der Waals surface area contributed by atoms with Crippen LogP contribution in [0.1, 0.15) is 22.3 Å². The summed E-state index contributed by atoms with van der Waals surface area (Å²) in [6.07, 6.45) is 0.235. The van der Waals surface area contributed by atoms with Crippen molar-refractivity contribution in [3.05, 3.63) is 29.3 Å². The predicted octanol–water partition coefficient (Wildman–Crippen LogP) is 1.30. The summed E-state index contributed by atoms with van der Waals surface area (Å²) >= 11 is 0. The lowest BCUT2D eigenvalue weighted by Crippen LogP contribution is -2.33. The zero-order valence-corrected chi connectivity index (χ0v) is 14.3. The fraction of sp³-hybridized carbons (Fsp3) is 0.438. The number of anilines is 1. The quantitative estimate of drug-likeness (QED) is 0.858. The van der Waals surface area contributed by atoms with E-state index in [1.54, 1.807) is 46.4 Å². The summed E-state index contributed by atoms with van der Waals surface area (Å²) in [6, 6.07) is 4.73. The third kappa shape index (κ3) is 5.61. The van der Waals surface area contributed by atoms with Gasteiger partial charge in [-0.05, 0) is 24.6 Å². The summed E-state index contributed by atoms with van der Waals surface area (Å²) in [4.78, 5) is 38.2. The molecule has 0 spiro atoms. The zero-order valence-electron chi connectivity index (χ0n) is 14.3. The second-order valence-electron chi connectivity index (χ2n) is 5.65. The molecule has 1 aromatic carbocycles. The third-order valence-electron chi connectivity index (χ3n) is 3.26. The highest BCUT2D eigenvalue weighted by Gasteiger charge is 2.12. The lowest BCUT2D eigenvalue weighted by atomic mass is 10.1.